The van der Waals surface area contributed by atoms with Crippen LogP contribution in [0.2, 0.25) is 0 Å². The number of aromatic amines is 2. The van der Waals surface area contributed by atoms with Gasteiger partial charge in [0.15, 0.2) is 5.96 Å². The van der Waals surface area contributed by atoms with Crippen molar-refractivity contribution in [3.63, 3.8) is 0 Å². The first-order chi connectivity index (χ1) is 27.6. The third-order valence-corrected chi connectivity index (χ3v) is 8.00. The Morgan fingerprint density at radius 1 is 0.649 bits per heavy atom. The molecule has 0 spiro atoms. The molecule has 4 aromatic carbocycles. The topological polar surface area (TPSA) is 163 Å². The highest BCUT2D eigenvalue weighted by atomic mass is 16.6. The molecular formula is C45H52N8O4. The van der Waals surface area contributed by atoms with Crippen molar-refractivity contribution >= 4 is 40.8 Å². The van der Waals surface area contributed by atoms with Crippen LogP contribution in [0.5, 0.6) is 0 Å². The summed E-state index contributed by atoms with van der Waals surface area (Å²) in [5, 5.41) is 8.97. The Morgan fingerprint density at radius 2 is 1.11 bits per heavy atom. The second kappa shape index (κ2) is 20.9. The Morgan fingerprint density at radius 3 is 1.56 bits per heavy atom. The zero-order valence-corrected chi connectivity index (χ0v) is 33.1. The third-order valence-electron chi connectivity index (χ3n) is 8.00. The van der Waals surface area contributed by atoms with Gasteiger partial charge >= 0.3 is 6.09 Å². The molecule has 2 heterocycles. The van der Waals surface area contributed by atoms with Gasteiger partial charge in [-0.25, -0.2) is 14.8 Å². The second-order valence-electron chi connectivity index (χ2n) is 13.8. The number of nitrogens with two attached hydrogens (primary N) is 1. The van der Waals surface area contributed by atoms with Crippen LogP contribution in [0.1, 0.15) is 45.7 Å². The van der Waals surface area contributed by atoms with E-state index in [-0.39, 0.29) is 5.96 Å². The molecule has 0 aliphatic carbocycles. The molecule has 0 aliphatic heterocycles. The lowest BCUT2D eigenvalue weighted by molar-refractivity contribution is 0.0563. The summed E-state index contributed by atoms with van der Waals surface area (Å²) in [6.07, 6.45) is 3.10. The molecule has 0 radical (unpaired) electrons. The fraction of sp³-hybridized carbons (Fsp3) is 0.222. The second-order valence-corrected chi connectivity index (χ2v) is 13.8. The number of hydrogen-bond acceptors (Lipinski definition) is 6. The number of anilines is 2. The summed E-state index contributed by atoms with van der Waals surface area (Å²) in [6, 6.07) is 39.5. The van der Waals surface area contributed by atoms with Gasteiger partial charge in [-0.2, -0.15) is 0 Å². The maximum absolute atomic E-state index is 12.4. The fourth-order valence-corrected chi connectivity index (χ4v) is 5.34. The summed E-state index contributed by atoms with van der Waals surface area (Å²) in [5.41, 5.74) is 14.8. The maximum Gasteiger partial charge on any atom is 0.414 e. The number of rotatable bonds is 12. The SMILES string of the molecule is CCOCc1ccc(N=C(N)Nc2c[nH]c(-c3ccccc3)c2)cc1.CCOCc1ccc(N=C(NC(=O)OC(C)(C)C)Nc2c[nH]c(-c3ccccc3)c2)cc1. The number of amides is 1. The van der Waals surface area contributed by atoms with E-state index in [4.69, 9.17) is 19.9 Å². The molecule has 0 saturated carbocycles. The highest BCUT2D eigenvalue weighted by Gasteiger charge is 2.18. The van der Waals surface area contributed by atoms with Gasteiger partial charge in [0.05, 0.1) is 36.0 Å². The van der Waals surface area contributed by atoms with Gasteiger partial charge in [-0.3, -0.25) is 5.32 Å². The van der Waals surface area contributed by atoms with Crippen LogP contribution in [-0.2, 0) is 27.4 Å². The number of H-pyrrole nitrogens is 2. The van der Waals surface area contributed by atoms with E-state index in [1.165, 1.54) is 0 Å². The normalized spacial score (nSPS) is 11.7. The van der Waals surface area contributed by atoms with Crippen molar-refractivity contribution in [3.05, 3.63) is 145 Å². The highest BCUT2D eigenvalue weighted by molar-refractivity contribution is 6.03. The molecular weight excluding hydrogens is 717 g/mol. The van der Waals surface area contributed by atoms with Crippen molar-refractivity contribution in [2.45, 2.75) is 53.4 Å². The summed E-state index contributed by atoms with van der Waals surface area (Å²) in [6.45, 7) is 11.9. The summed E-state index contributed by atoms with van der Waals surface area (Å²) in [5.74, 6) is 0.603. The van der Waals surface area contributed by atoms with Crippen molar-refractivity contribution in [1.29, 1.82) is 0 Å². The predicted molar refractivity (Wildman–Crippen MR) is 231 cm³/mol. The van der Waals surface area contributed by atoms with E-state index < -0.39 is 11.7 Å². The number of aliphatic imine (C=N–C) groups is 2. The van der Waals surface area contributed by atoms with Crippen LogP contribution in [0.15, 0.2) is 144 Å². The van der Waals surface area contributed by atoms with Gasteiger partial charge in [0.2, 0.25) is 5.96 Å². The zero-order chi connectivity index (χ0) is 40.5. The van der Waals surface area contributed by atoms with Crippen LogP contribution >= 0.6 is 0 Å². The number of benzene rings is 4. The minimum absolute atomic E-state index is 0.260. The van der Waals surface area contributed by atoms with Crippen LogP contribution in [-0.4, -0.2) is 46.8 Å². The van der Waals surface area contributed by atoms with Crippen molar-refractivity contribution in [2.24, 2.45) is 15.7 Å². The molecule has 296 valence electrons. The standard InChI is InChI=1S/C25H30N4O3.C20H22N4O/c1-5-31-17-18-11-13-20(14-12-18)27-23(29-24(30)32-25(2,3)4)28-21-15-22(26-16-21)19-9-7-6-8-10-19;1-2-25-14-15-8-10-17(11-9-15)23-20(21)24-18-12-19(22-13-18)16-6-4-3-5-7-16/h6-16,26H,5,17H2,1-4H3,(H2,27,28,29,30);3-13,22H,2,14H2,1H3,(H3,21,23,24). The molecule has 0 unspecified atom stereocenters. The van der Waals surface area contributed by atoms with Gasteiger partial charge < -0.3 is 40.5 Å². The first kappa shape index (κ1) is 41.5. The molecule has 57 heavy (non-hydrogen) atoms. The fourth-order valence-electron chi connectivity index (χ4n) is 5.34. The quantitative estimate of drug-likeness (QED) is 0.0533. The van der Waals surface area contributed by atoms with Crippen LogP contribution in [0.25, 0.3) is 22.5 Å². The van der Waals surface area contributed by atoms with E-state index in [1.54, 1.807) is 0 Å². The number of alkyl carbamates (subject to hydrolysis) is 1. The molecule has 7 N–H and O–H groups in total. The maximum atomic E-state index is 12.4. The van der Waals surface area contributed by atoms with E-state index in [1.807, 2.05) is 156 Å². The average molecular weight is 769 g/mol. The van der Waals surface area contributed by atoms with Gasteiger partial charge in [0.1, 0.15) is 5.60 Å². The Hall–Kier alpha value is -6.63. The number of carbonyl (C=O) groups is 1. The van der Waals surface area contributed by atoms with E-state index in [0.717, 1.165) is 50.7 Å². The predicted octanol–water partition coefficient (Wildman–Crippen LogP) is 10.1. The lowest BCUT2D eigenvalue weighted by atomic mass is 10.1. The van der Waals surface area contributed by atoms with Crippen LogP contribution in [0.3, 0.4) is 0 Å². The molecule has 0 atom stereocenters. The number of hydrogen-bond donors (Lipinski definition) is 6. The number of aromatic nitrogens is 2. The Bertz CT molecular complexity index is 2170. The monoisotopic (exact) mass is 768 g/mol. The van der Waals surface area contributed by atoms with Crippen molar-refractivity contribution < 1.29 is 19.0 Å². The Labute approximate surface area is 334 Å². The summed E-state index contributed by atoms with van der Waals surface area (Å²) >= 11 is 0. The van der Waals surface area contributed by atoms with Gasteiger partial charge in [-0.15, -0.1) is 0 Å². The third kappa shape index (κ3) is 14.2. The molecule has 6 aromatic rings. The van der Waals surface area contributed by atoms with Gasteiger partial charge in [-0.05, 0) is 93.3 Å². The van der Waals surface area contributed by atoms with Gasteiger partial charge in [-0.1, -0.05) is 84.9 Å². The number of guanidine groups is 2. The minimum atomic E-state index is -0.620. The van der Waals surface area contributed by atoms with Crippen molar-refractivity contribution in [3.8, 4) is 22.5 Å². The van der Waals surface area contributed by atoms with Crippen molar-refractivity contribution in [1.82, 2.24) is 15.3 Å². The first-order valence-electron chi connectivity index (χ1n) is 18.8. The molecule has 0 saturated heterocycles. The van der Waals surface area contributed by atoms with Crippen LogP contribution in [0.4, 0.5) is 27.5 Å². The Kier molecular flexibility index (Phi) is 15.2. The molecule has 2 aromatic heterocycles. The molecule has 12 nitrogen and oxygen atoms in total. The van der Waals surface area contributed by atoms with Crippen molar-refractivity contribution in [2.75, 3.05) is 23.8 Å². The number of nitrogens with one attached hydrogen (secondary N) is 5. The molecule has 0 fully saturated rings. The summed E-state index contributed by atoms with van der Waals surface area (Å²) in [7, 11) is 0. The number of carbonyl (C=O) groups excluding carboxylic acids is 1. The lowest BCUT2D eigenvalue weighted by Gasteiger charge is -2.20. The largest absolute Gasteiger partial charge is 0.444 e. The van der Waals surface area contributed by atoms with Gasteiger partial charge in [0.25, 0.3) is 0 Å². The van der Waals surface area contributed by atoms with E-state index >= 15 is 0 Å². The summed E-state index contributed by atoms with van der Waals surface area (Å²) < 4.78 is 16.2. The van der Waals surface area contributed by atoms with E-state index in [9.17, 15) is 4.79 Å². The molecule has 12 heteroatoms. The summed E-state index contributed by atoms with van der Waals surface area (Å²) in [4.78, 5) is 27.8. The van der Waals surface area contributed by atoms with Crippen LogP contribution < -0.4 is 21.7 Å². The zero-order valence-electron chi connectivity index (χ0n) is 33.1. The molecule has 1 amide bonds. The number of nitrogens with zero attached hydrogens (tertiary/aromatic N) is 2. The molecule has 6 rings (SSSR count). The smallest absolute Gasteiger partial charge is 0.414 e. The van der Waals surface area contributed by atoms with Gasteiger partial charge in [0, 0.05) is 37.0 Å². The first-order valence-corrected chi connectivity index (χ1v) is 18.8. The van der Waals surface area contributed by atoms with E-state index in [2.05, 4.69) is 48.0 Å². The molecule has 0 bridgehead atoms. The van der Waals surface area contributed by atoms with E-state index in [0.29, 0.717) is 38.1 Å². The highest BCUT2D eigenvalue weighted by Crippen LogP contribution is 2.23. The lowest BCUT2D eigenvalue weighted by Crippen LogP contribution is -2.39. The minimum Gasteiger partial charge on any atom is -0.444 e. The Balaban J connectivity index is 0.000000224. The molecule has 0 aliphatic rings. The average Bonchev–Trinajstić information content (AvgIpc) is 3.87. The van der Waals surface area contributed by atoms with Crippen LogP contribution in [0, 0.1) is 0 Å². The number of ether oxygens (including phenoxy) is 3.